The van der Waals surface area contributed by atoms with Gasteiger partial charge in [0.15, 0.2) is 5.82 Å². The average Bonchev–Trinajstić information content (AvgIpc) is 3.00. The minimum Gasteiger partial charge on any atom is -0.348 e. The lowest BCUT2D eigenvalue weighted by Gasteiger charge is -2.32. The molecule has 7 heteroatoms. The molecular formula is C19H27N5O2. The van der Waals surface area contributed by atoms with E-state index in [0.29, 0.717) is 18.3 Å². The van der Waals surface area contributed by atoms with E-state index in [4.69, 9.17) is 4.52 Å². The second kappa shape index (κ2) is 8.42. The molecule has 26 heavy (non-hydrogen) atoms. The highest BCUT2D eigenvalue weighted by atomic mass is 16.5. The minimum atomic E-state index is 0.00436. The zero-order valence-electron chi connectivity index (χ0n) is 15.7. The summed E-state index contributed by atoms with van der Waals surface area (Å²) in [6, 6.07) is 7.94. The van der Waals surface area contributed by atoms with Crippen molar-refractivity contribution < 1.29 is 9.32 Å². The third kappa shape index (κ3) is 4.89. The molecule has 1 fully saturated rings. The first-order valence-electron chi connectivity index (χ1n) is 9.06. The zero-order chi connectivity index (χ0) is 18.5. The molecule has 1 aliphatic heterocycles. The maximum atomic E-state index is 12.8. The van der Waals surface area contributed by atoms with Crippen LogP contribution < -0.4 is 5.32 Å². The van der Waals surface area contributed by atoms with Gasteiger partial charge in [0.05, 0.1) is 6.54 Å². The highest BCUT2D eigenvalue weighted by Crippen LogP contribution is 2.15. The predicted molar refractivity (Wildman–Crippen MR) is 98.6 cm³/mol. The normalized spacial score (nSPS) is 18.2. The fourth-order valence-electron chi connectivity index (χ4n) is 3.41. The molecule has 0 aliphatic carbocycles. The largest absolute Gasteiger partial charge is 0.348 e. The number of carbonyl (C=O) groups is 1. The van der Waals surface area contributed by atoms with E-state index < -0.39 is 0 Å². The molecule has 1 aliphatic rings. The maximum absolute atomic E-state index is 12.8. The number of hydrogen-bond acceptors (Lipinski definition) is 6. The third-order valence-electron chi connectivity index (χ3n) is 4.52. The van der Waals surface area contributed by atoms with Gasteiger partial charge in [-0.25, -0.2) is 0 Å². The minimum absolute atomic E-state index is 0.00436. The lowest BCUT2D eigenvalue weighted by Crippen LogP contribution is -2.47. The van der Waals surface area contributed by atoms with Gasteiger partial charge in [-0.3, -0.25) is 9.69 Å². The van der Waals surface area contributed by atoms with Crippen LogP contribution in [0.15, 0.2) is 28.8 Å². The van der Waals surface area contributed by atoms with Crippen LogP contribution in [-0.4, -0.2) is 59.1 Å². The van der Waals surface area contributed by atoms with E-state index in [9.17, 15) is 4.79 Å². The molecule has 140 valence electrons. The van der Waals surface area contributed by atoms with Crippen molar-refractivity contribution >= 4 is 5.91 Å². The van der Waals surface area contributed by atoms with Crippen LogP contribution in [0.3, 0.4) is 0 Å². The van der Waals surface area contributed by atoms with E-state index in [0.717, 1.165) is 43.6 Å². The Morgan fingerprint density at radius 3 is 2.92 bits per heavy atom. The van der Waals surface area contributed by atoms with Crippen molar-refractivity contribution in [2.45, 2.75) is 38.9 Å². The number of rotatable bonds is 6. The molecule has 0 spiro atoms. The molecule has 1 atom stereocenters. The van der Waals surface area contributed by atoms with Crippen molar-refractivity contribution in [2.75, 3.05) is 27.2 Å². The Morgan fingerprint density at radius 1 is 1.38 bits per heavy atom. The molecule has 2 aromatic rings. The third-order valence-corrected chi connectivity index (χ3v) is 4.52. The fraction of sp³-hybridized carbons (Fsp3) is 0.526. The topological polar surface area (TPSA) is 74.5 Å². The number of hydrogen-bond donors (Lipinski definition) is 1. The van der Waals surface area contributed by atoms with Gasteiger partial charge in [0.1, 0.15) is 0 Å². The van der Waals surface area contributed by atoms with Crippen LogP contribution in [0.25, 0.3) is 0 Å². The van der Waals surface area contributed by atoms with Crippen LogP contribution >= 0.6 is 0 Å². The molecule has 0 radical (unpaired) electrons. The van der Waals surface area contributed by atoms with Crippen molar-refractivity contribution in [3.63, 3.8) is 0 Å². The molecular weight excluding hydrogens is 330 g/mol. The summed E-state index contributed by atoms with van der Waals surface area (Å²) in [4.78, 5) is 21.4. The summed E-state index contributed by atoms with van der Waals surface area (Å²) in [5.74, 6) is 1.29. The summed E-state index contributed by atoms with van der Waals surface area (Å²) >= 11 is 0. The number of amides is 1. The van der Waals surface area contributed by atoms with Crippen LogP contribution in [0.2, 0.25) is 0 Å². The molecule has 7 nitrogen and oxygen atoms in total. The smallest absolute Gasteiger partial charge is 0.251 e. The first-order chi connectivity index (χ1) is 12.5. The molecule has 1 amide bonds. The Morgan fingerprint density at radius 2 is 2.19 bits per heavy atom. The molecule has 1 aromatic heterocycles. The summed E-state index contributed by atoms with van der Waals surface area (Å²) in [5, 5.41) is 7.17. The summed E-state index contributed by atoms with van der Waals surface area (Å²) in [6.45, 7) is 4.98. The van der Waals surface area contributed by atoms with Crippen molar-refractivity contribution in [3.05, 3.63) is 47.1 Å². The average molecular weight is 357 g/mol. The Labute approximate surface area is 154 Å². The van der Waals surface area contributed by atoms with Gasteiger partial charge in [-0.05, 0) is 45.1 Å². The molecule has 1 unspecified atom stereocenters. The van der Waals surface area contributed by atoms with E-state index in [1.165, 1.54) is 0 Å². The van der Waals surface area contributed by atoms with Crippen molar-refractivity contribution in [1.29, 1.82) is 0 Å². The highest BCUT2D eigenvalue weighted by Gasteiger charge is 2.23. The first-order valence-corrected chi connectivity index (χ1v) is 9.06. The van der Waals surface area contributed by atoms with Crippen molar-refractivity contribution in [1.82, 2.24) is 25.3 Å². The number of piperidine rings is 1. The molecule has 1 N–H and O–H groups in total. The van der Waals surface area contributed by atoms with Gasteiger partial charge >= 0.3 is 0 Å². The lowest BCUT2D eigenvalue weighted by molar-refractivity contribution is 0.0897. The molecule has 0 bridgehead atoms. The van der Waals surface area contributed by atoms with Gasteiger partial charge in [0, 0.05) is 31.6 Å². The van der Waals surface area contributed by atoms with Gasteiger partial charge in [0.25, 0.3) is 5.91 Å². The van der Waals surface area contributed by atoms with Crippen molar-refractivity contribution in [2.24, 2.45) is 0 Å². The number of aromatic nitrogens is 2. The lowest BCUT2D eigenvalue weighted by atomic mass is 10.0. The number of benzene rings is 1. The Kier molecular flexibility index (Phi) is 6.00. The monoisotopic (exact) mass is 357 g/mol. The van der Waals surface area contributed by atoms with Crippen LogP contribution in [0, 0.1) is 6.92 Å². The fourth-order valence-corrected chi connectivity index (χ4v) is 3.41. The number of nitrogens with one attached hydrogen (secondary N) is 1. The number of likely N-dealkylation sites (tertiary alicyclic amines) is 1. The number of nitrogens with zero attached hydrogens (tertiary/aromatic N) is 4. The van der Waals surface area contributed by atoms with Crippen molar-refractivity contribution in [3.8, 4) is 0 Å². The summed E-state index contributed by atoms with van der Waals surface area (Å²) in [6.07, 6.45) is 2.03. The van der Waals surface area contributed by atoms with Crippen LogP contribution in [0.4, 0.5) is 0 Å². The van der Waals surface area contributed by atoms with E-state index in [1.807, 2.05) is 38.4 Å². The van der Waals surface area contributed by atoms with Crippen LogP contribution in [-0.2, 0) is 13.1 Å². The summed E-state index contributed by atoms with van der Waals surface area (Å²) in [7, 11) is 4.01. The van der Waals surface area contributed by atoms with E-state index in [1.54, 1.807) is 6.92 Å². The second-order valence-electron chi connectivity index (χ2n) is 7.17. The first kappa shape index (κ1) is 18.5. The number of aryl methyl sites for hydroxylation is 1. The Hall–Kier alpha value is -2.25. The molecule has 1 saturated heterocycles. The molecule has 0 saturated carbocycles. The molecule has 3 rings (SSSR count). The van der Waals surface area contributed by atoms with Crippen LogP contribution in [0.5, 0.6) is 0 Å². The maximum Gasteiger partial charge on any atom is 0.251 e. The van der Waals surface area contributed by atoms with Gasteiger partial charge in [0.2, 0.25) is 5.89 Å². The predicted octanol–water partition coefficient (Wildman–Crippen LogP) is 1.83. The zero-order valence-corrected chi connectivity index (χ0v) is 15.7. The molecule has 2 heterocycles. The van der Waals surface area contributed by atoms with E-state index in [2.05, 4.69) is 25.3 Å². The Balaban J connectivity index is 1.60. The second-order valence-corrected chi connectivity index (χ2v) is 7.17. The van der Waals surface area contributed by atoms with E-state index >= 15 is 0 Å². The quantitative estimate of drug-likeness (QED) is 0.850. The summed E-state index contributed by atoms with van der Waals surface area (Å²) < 4.78 is 5.04. The highest BCUT2D eigenvalue weighted by molar-refractivity contribution is 5.95. The Bertz CT molecular complexity index is 743. The van der Waals surface area contributed by atoms with Gasteiger partial charge in [-0.15, -0.1) is 0 Å². The molecule has 1 aromatic carbocycles. The van der Waals surface area contributed by atoms with E-state index in [-0.39, 0.29) is 11.9 Å². The summed E-state index contributed by atoms with van der Waals surface area (Å²) in [5.41, 5.74) is 1.80. The SMILES string of the molecule is Cc1nc(CN2CCCC(NC(=O)c3ccccc3CN(C)C)C2)no1. The standard InChI is InChI=1S/C19H27N5O2/c1-14-20-18(22-26-14)13-24-10-6-8-16(12-24)21-19(25)17-9-5-4-7-15(17)11-23(2)3/h4-5,7,9,16H,6,8,10-13H2,1-3H3,(H,21,25). The van der Waals surface area contributed by atoms with Gasteiger partial charge < -0.3 is 14.7 Å². The van der Waals surface area contributed by atoms with Crippen LogP contribution in [0.1, 0.15) is 40.5 Å². The van der Waals surface area contributed by atoms with Gasteiger partial charge in [-0.2, -0.15) is 4.98 Å². The van der Waals surface area contributed by atoms with Gasteiger partial charge in [-0.1, -0.05) is 23.4 Å². The number of carbonyl (C=O) groups excluding carboxylic acids is 1.